The van der Waals surface area contributed by atoms with E-state index >= 15 is 0 Å². The summed E-state index contributed by atoms with van der Waals surface area (Å²) in [6, 6.07) is 3.52. The number of carbonyl (C=O) groups excluding carboxylic acids is 1. The fraction of sp³-hybridized carbons (Fsp3) is 0.500. The molecule has 2 atom stereocenters. The Labute approximate surface area is 109 Å². The van der Waals surface area contributed by atoms with Crippen LogP contribution in [0.5, 0.6) is 0 Å². The number of rotatable bonds is 3. The third-order valence-electron chi connectivity index (χ3n) is 3.74. The van der Waals surface area contributed by atoms with Crippen LogP contribution in [0, 0.1) is 17.6 Å². The normalized spacial score (nSPS) is 26.4. The smallest absolute Gasteiger partial charge is 0.254 e. The molecule has 1 heterocycles. The summed E-state index contributed by atoms with van der Waals surface area (Å²) in [4.78, 5) is 12.0. The van der Waals surface area contributed by atoms with Crippen molar-refractivity contribution >= 4 is 5.91 Å². The molecule has 1 amide bonds. The summed E-state index contributed by atoms with van der Waals surface area (Å²) < 4.78 is 32.2. The number of carbonyl (C=O) groups is 1. The summed E-state index contributed by atoms with van der Waals surface area (Å²) in [7, 11) is 0. The molecule has 2 unspecified atom stereocenters. The van der Waals surface area contributed by atoms with Gasteiger partial charge in [-0.15, -0.1) is 0 Å². The van der Waals surface area contributed by atoms with Crippen molar-refractivity contribution in [2.45, 2.75) is 31.4 Å². The molecule has 2 aliphatic rings. The molecular weight excluding hydrogens is 252 g/mol. The Morgan fingerprint density at radius 3 is 2.79 bits per heavy atom. The zero-order valence-electron chi connectivity index (χ0n) is 10.4. The maximum atomic E-state index is 13.5. The van der Waals surface area contributed by atoms with Crippen LogP contribution in [0.3, 0.4) is 0 Å². The molecule has 1 N–H and O–H groups in total. The number of ether oxygens (including phenoxy) is 1. The van der Waals surface area contributed by atoms with E-state index in [1.54, 1.807) is 0 Å². The molecule has 0 aromatic heterocycles. The van der Waals surface area contributed by atoms with E-state index in [4.69, 9.17) is 4.74 Å². The van der Waals surface area contributed by atoms with E-state index in [2.05, 4.69) is 5.32 Å². The van der Waals surface area contributed by atoms with Crippen LogP contribution < -0.4 is 5.32 Å². The number of nitrogens with one attached hydrogen (secondary N) is 1. The summed E-state index contributed by atoms with van der Waals surface area (Å²) in [6.07, 6.45) is 2.99. The van der Waals surface area contributed by atoms with Gasteiger partial charge in [-0.2, -0.15) is 0 Å². The van der Waals surface area contributed by atoms with Gasteiger partial charge in [0.05, 0.1) is 17.7 Å². The van der Waals surface area contributed by atoms with Crippen LogP contribution >= 0.6 is 0 Å². The molecule has 2 fully saturated rings. The van der Waals surface area contributed by atoms with E-state index in [-0.39, 0.29) is 17.7 Å². The molecule has 1 saturated heterocycles. The minimum Gasteiger partial charge on any atom is -0.376 e. The zero-order valence-corrected chi connectivity index (χ0v) is 10.4. The second-order valence-corrected chi connectivity index (χ2v) is 5.14. The number of hydrogen-bond donors (Lipinski definition) is 1. The highest BCUT2D eigenvalue weighted by Crippen LogP contribution is 2.38. The molecule has 1 saturated carbocycles. The maximum absolute atomic E-state index is 13.5. The topological polar surface area (TPSA) is 38.3 Å². The molecule has 1 aliphatic carbocycles. The van der Waals surface area contributed by atoms with Crippen molar-refractivity contribution in [1.82, 2.24) is 5.32 Å². The second-order valence-electron chi connectivity index (χ2n) is 5.14. The van der Waals surface area contributed by atoms with E-state index in [1.807, 2.05) is 0 Å². The molecule has 5 heteroatoms. The average molecular weight is 267 g/mol. The predicted molar refractivity (Wildman–Crippen MR) is 64.7 cm³/mol. The first kappa shape index (κ1) is 12.5. The Morgan fingerprint density at radius 1 is 1.26 bits per heavy atom. The van der Waals surface area contributed by atoms with Gasteiger partial charge in [0.2, 0.25) is 0 Å². The Bertz CT molecular complexity index is 502. The van der Waals surface area contributed by atoms with Gasteiger partial charge in [-0.25, -0.2) is 8.78 Å². The molecule has 3 rings (SSSR count). The van der Waals surface area contributed by atoms with Gasteiger partial charge in [0, 0.05) is 6.61 Å². The largest absolute Gasteiger partial charge is 0.376 e. The lowest BCUT2D eigenvalue weighted by Gasteiger charge is -2.19. The summed E-state index contributed by atoms with van der Waals surface area (Å²) in [6.45, 7) is 0.609. The van der Waals surface area contributed by atoms with Crippen molar-refractivity contribution in [2.75, 3.05) is 6.61 Å². The van der Waals surface area contributed by atoms with E-state index < -0.39 is 17.5 Å². The first-order chi connectivity index (χ1) is 9.16. The van der Waals surface area contributed by atoms with Crippen molar-refractivity contribution in [1.29, 1.82) is 0 Å². The van der Waals surface area contributed by atoms with Crippen LogP contribution in [-0.2, 0) is 4.74 Å². The van der Waals surface area contributed by atoms with E-state index in [0.717, 1.165) is 25.3 Å². The SMILES string of the molecule is O=C(NC1CCOC1C1CC1)c1cccc(F)c1F. The maximum Gasteiger partial charge on any atom is 0.254 e. The van der Waals surface area contributed by atoms with E-state index in [0.29, 0.717) is 12.5 Å². The van der Waals surface area contributed by atoms with Crippen LogP contribution in [0.15, 0.2) is 18.2 Å². The van der Waals surface area contributed by atoms with Gasteiger partial charge in [0.15, 0.2) is 11.6 Å². The lowest BCUT2D eigenvalue weighted by atomic mass is 10.1. The Balaban J connectivity index is 1.72. The highest BCUT2D eigenvalue weighted by atomic mass is 19.2. The zero-order chi connectivity index (χ0) is 13.4. The molecule has 19 heavy (non-hydrogen) atoms. The predicted octanol–water partition coefficient (Wildman–Crippen LogP) is 2.26. The molecular formula is C14H15F2NO2. The first-order valence-corrected chi connectivity index (χ1v) is 6.53. The lowest BCUT2D eigenvalue weighted by molar-refractivity contribution is 0.0727. The number of hydrogen-bond acceptors (Lipinski definition) is 2. The van der Waals surface area contributed by atoms with Crippen LogP contribution in [-0.4, -0.2) is 24.7 Å². The fourth-order valence-electron chi connectivity index (χ4n) is 2.58. The highest BCUT2D eigenvalue weighted by Gasteiger charge is 2.41. The minimum atomic E-state index is -1.10. The number of benzene rings is 1. The van der Waals surface area contributed by atoms with Crippen molar-refractivity contribution in [3.8, 4) is 0 Å². The molecule has 0 radical (unpaired) electrons. The van der Waals surface area contributed by atoms with Crippen LogP contribution in [0.2, 0.25) is 0 Å². The first-order valence-electron chi connectivity index (χ1n) is 6.53. The monoisotopic (exact) mass is 267 g/mol. The van der Waals surface area contributed by atoms with Crippen LogP contribution in [0.25, 0.3) is 0 Å². The van der Waals surface area contributed by atoms with Gasteiger partial charge in [-0.05, 0) is 37.3 Å². The van der Waals surface area contributed by atoms with Gasteiger partial charge < -0.3 is 10.1 Å². The molecule has 1 aliphatic heterocycles. The van der Waals surface area contributed by atoms with Crippen molar-refractivity contribution in [3.63, 3.8) is 0 Å². The van der Waals surface area contributed by atoms with E-state index in [1.165, 1.54) is 12.1 Å². The summed E-state index contributed by atoms with van der Waals surface area (Å²) in [5.74, 6) is -2.17. The standard InChI is InChI=1S/C14H15F2NO2/c15-10-3-1-2-9(12(10)16)14(18)17-11-6-7-19-13(11)8-4-5-8/h1-3,8,11,13H,4-7H2,(H,17,18). The number of halogens is 2. The second kappa shape index (κ2) is 4.89. The molecule has 1 aromatic rings. The quantitative estimate of drug-likeness (QED) is 0.912. The molecule has 0 spiro atoms. The van der Waals surface area contributed by atoms with Crippen LogP contribution in [0.4, 0.5) is 8.78 Å². The molecule has 3 nitrogen and oxygen atoms in total. The Morgan fingerprint density at radius 2 is 2.05 bits per heavy atom. The summed E-state index contributed by atoms with van der Waals surface area (Å²) in [5.41, 5.74) is -0.249. The minimum absolute atomic E-state index is 0.0283. The average Bonchev–Trinajstić information content (AvgIpc) is 3.13. The van der Waals surface area contributed by atoms with E-state index in [9.17, 15) is 13.6 Å². The molecule has 0 bridgehead atoms. The molecule has 102 valence electrons. The van der Waals surface area contributed by atoms with Gasteiger partial charge in [-0.1, -0.05) is 6.07 Å². The number of amides is 1. The van der Waals surface area contributed by atoms with Gasteiger partial charge in [0.1, 0.15) is 0 Å². The summed E-state index contributed by atoms with van der Waals surface area (Å²) in [5, 5.41) is 2.76. The van der Waals surface area contributed by atoms with Gasteiger partial charge in [-0.3, -0.25) is 4.79 Å². The van der Waals surface area contributed by atoms with Gasteiger partial charge >= 0.3 is 0 Å². The van der Waals surface area contributed by atoms with Crippen molar-refractivity contribution < 1.29 is 18.3 Å². The third-order valence-corrected chi connectivity index (χ3v) is 3.74. The Hall–Kier alpha value is -1.49. The molecule has 1 aromatic carbocycles. The summed E-state index contributed by atoms with van der Waals surface area (Å²) >= 11 is 0. The highest BCUT2D eigenvalue weighted by molar-refractivity contribution is 5.94. The van der Waals surface area contributed by atoms with Crippen molar-refractivity contribution in [2.24, 2.45) is 5.92 Å². The third kappa shape index (κ3) is 2.47. The fourth-order valence-corrected chi connectivity index (χ4v) is 2.58. The van der Waals surface area contributed by atoms with Crippen LogP contribution in [0.1, 0.15) is 29.6 Å². The van der Waals surface area contributed by atoms with Crippen molar-refractivity contribution in [3.05, 3.63) is 35.4 Å². The van der Waals surface area contributed by atoms with Gasteiger partial charge in [0.25, 0.3) is 5.91 Å². The lowest BCUT2D eigenvalue weighted by Crippen LogP contribution is -2.41. The Kier molecular flexibility index (Phi) is 3.22.